The van der Waals surface area contributed by atoms with Gasteiger partial charge in [0.25, 0.3) is 0 Å². The summed E-state index contributed by atoms with van der Waals surface area (Å²) in [4.78, 5) is 12.2. The van der Waals surface area contributed by atoms with Crippen molar-refractivity contribution in [1.82, 2.24) is 4.31 Å². The van der Waals surface area contributed by atoms with Gasteiger partial charge in [-0.15, -0.1) is 0 Å². The molecule has 1 N–H and O–H groups in total. The van der Waals surface area contributed by atoms with Crippen molar-refractivity contribution < 1.29 is 26.4 Å². The van der Waals surface area contributed by atoms with E-state index < -0.39 is 26.7 Å². The van der Waals surface area contributed by atoms with Crippen LogP contribution in [0.5, 0.6) is 0 Å². The predicted molar refractivity (Wildman–Crippen MR) is 107 cm³/mol. The van der Waals surface area contributed by atoms with E-state index in [1.165, 1.54) is 0 Å². The van der Waals surface area contributed by atoms with Gasteiger partial charge in [0.2, 0.25) is 15.9 Å². The SMILES string of the molecule is Cc1ccc(NC(=O)C2CCN(S(=O)(=O)c3cccc(C(F)(F)F)c3)CC2)c(C)c1. The summed E-state index contributed by atoms with van der Waals surface area (Å²) >= 11 is 0. The number of aryl methyl sites for hydroxylation is 2. The minimum Gasteiger partial charge on any atom is -0.326 e. The van der Waals surface area contributed by atoms with Crippen molar-refractivity contribution in [1.29, 1.82) is 0 Å². The third-order valence-corrected chi connectivity index (χ3v) is 7.16. The second-order valence-corrected chi connectivity index (χ2v) is 9.45. The zero-order valence-electron chi connectivity index (χ0n) is 16.7. The van der Waals surface area contributed by atoms with Crippen molar-refractivity contribution >= 4 is 21.6 Å². The number of anilines is 1. The summed E-state index contributed by atoms with van der Waals surface area (Å²) in [5.74, 6) is -0.545. The van der Waals surface area contributed by atoms with Gasteiger partial charge in [0.15, 0.2) is 0 Å². The molecule has 1 heterocycles. The molecule has 1 saturated heterocycles. The van der Waals surface area contributed by atoms with E-state index in [0.29, 0.717) is 24.6 Å². The first-order valence-corrected chi connectivity index (χ1v) is 11.0. The van der Waals surface area contributed by atoms with Crippen molar-refractivity contribution in [3.05, 3.63) is 59.2 Å². The summed E-state index contributed by atoms with van der Waals surface area (Å²) in [7, 11) is -4.06. The smallest absolute Gasteiger partial charge is 0.326 e. The van der Waals surface area contributed by atoms with Gasteiger partial charge in [-0.3, -0.25) is 4.79 Å². The summed E-state index contributed by atoms with van der Waals surface area (Å²) < 4.78 is 65.4. The number of alkyl halides is 3. The standard InChI is InChI=1S/C21H23F3N2O3S/c1-14-6-7-19(15(2)12-14)25-20(27)16-8-10-26(11-9-16)30(28,29)18-5-3-4-17(13-18)21(22,23)24/h3-7,12-13,16H,8-11H2,1-2H3,(H,25,27). The number of benzene rings is 2. The number of carbonyl (C=O) groups is 1. The second kappa shape index (κ2) is 8.39. The Hall–Kier alpha value is -2.39. The number of nitrogens with zero attached hydrogens (tertiary/aromatic N) is 1. The van der Waals surface area contributed by atoms with E-state index in [9.17, 15) is 26.4 Å². The van der Waals surface area contributed by atoms with E-state index in [2.05, 4.69) is 5.32 Å². The molecule has 162 valence electrons. The average Bonchev–Trinajstić information content (AvgIpc) is 2.69. The number of piperidine rings is 1. The third-order valence-electron chi connectivity index (χ3n) is 5.26. The van der Waals surface area contributed by atoms with Crippen molar-refractivity contribution in [3.8, 4) is 0 Å². The maximum absolute atomic E-state index is 12.9. The molecule has 0 aliphatic carbocycles. The molecule has 1 aliphatic heterocycles. The molecule has 0 saturated carbocycles. The highest BCUT2D eigenvalue weighted by atomic mass is 32.2. The molecule has 0 aromatic heterocycles. The molecule has 0 spiro atoms. The van der Waals surface area contributed by atoms with Gasteiger partial charge in [0.1, 0.15) is 0 Å². The van der Waals surface area contributed by atoms with Crippen LogP contribution in [0.1, 0.15) is 29.5 Å². The number of rotatable bonds is 4. The van der Waals surface area contributed by atoms with Gasteiger partial charge in [-0.25, -0.2) is 8.42 Å². The minimum absolute atomic E-state index is 0.0730. The monoisotopic (exact) mass is 440 g/mol. The Labute approximate surface area is 173 Å². The van der Waals surface area contributed by atoms with Crippen LogP contribution in [0, 0.1) is 19.8 Å². The number of hydrogen-bond acceptors (Lipinski definition) is 3. The Kier molecular flexibility index (Phi) is 6.24. The van der Waals surface area contributed by atoms with Crippen molar-refractivity contribution in [2.24, 2.45) is 5.92 Å². The van der Waals surface area contributed by atoms with Crippen LogP contribution in [0.15, 0.2) is 47.4 Å². The fourth-order valence-electron chi connectivity index (χ4n) is 3.53. The second-order valence-electron chi connectivity index (χ2n) is 7.51. The first-order chi connectivity index (χ1) is 14.0. The fraction of sp³-hybridized carbons (Fsp3) is 0.381. The number of halogens is 3. The zero-order valence-corrected chi connectivity index (χ0v) is 17.5. The molecular weight excluding hydrogens is 417 g/mol. The number of nitrogens with one attached hydrogen (secondary N) is 1. The number of sulfonamides is 1. The molecule has 2 aromatic carbocycles. The molecule has 2 aromatic rings. The lowest BCUT2D eigenvalue weighted by atomic mass is 9.97. The lowest BCUT2D eigenvalue weighted by molar-refractivity contribution is -0.137. The summed E-state index contributed by atoms with van der Waals surface area (Å²) in [5.41, 5.74) is 1.72. The van der Waals surface area contributed by atoms with Crippen LogP contribution < -0.4 is 5.32 Å². The van der Waals surface area contributed by atoms with Crippen LogP contribution in [0.2, 0.25) is 0 Å². The Balaban J connectivity index is 1.66. The first-order valence-electron chi connectivity index (χ1n) is 9.54. The van der Waals surface area contributed by atoms with Crippen molar-refractivity contribution in [3.63, 3.8) is 0 Å². The molecule has 0 bridgehead atoms. The van der Waals surface area contributed by atoms with Gasteiger partial charge in [0.05, 0.1) is 10.5 Å². The summed E-state index contributed by atoms with van der Waals surface area (Å²) in [6.45, 7) is 4.00. The molecular formula is C21H23F3N2O3S. The van der Waals surface area contributed by atoms with Crippen LogP contribution in [-0.4, -0.2) is 31.7 Å². The maximum Gasteiger partial charge on any atom is 0.416 e. The minimum atomic E-state index is -4.62. The Morgan fingerprint density at radius 3 is 2.33 bits per heavy atom. The highest BCUT2D eigenvalue weighted by molar-refractivity contribution is 7.89. The number of carbonyl (C=O) groups excluding carboxylic acids is 1. The molecule has 1 fully saturated rings. The molecule has 0 radical (unpaired) electrons. The molecule has 30 heavy (non-hydrogen) atoms. The van der Waals surface area contributed by atoms with Crippen molar-refractivity contribution in [2.75, 3.05) is 18.4 Å². The summed E-state index contributed by atoms with van der Waals surface area (Å²) in [5, 5.41) is 2.88. The van der Waals surface area contributed by atoms with Gasteiger partial charge in [-0.05, 0) is 56.5 Å². The normalized spacial score (nSPS) is 16.4. The van der Waals surface area contributed by atoms with E-state index in [1.807, 2.05) is 32.0 Å². The topological polar surface area (TPSA) is 66.5 Å². The lowest BCUT2D eigenvalue weighted by Gasteiger charge is -2.30. The number of amides is 1. The highest BCUT2D eigenvalue weighted by Crippen LogP contribution is 2.32. The lowest BCUT2D eigenvalue weighted by Crippen LogP contribution is -2.41. The largest absolute Gasteiger partial charge is 0.416 e. The summed E-state index contributed by atoms with van der Waals surface area (Å²) in [6.07, 6.45) is -4.02. The van der Waals surface area contributed by atoms with E-state index in [4.69, 9.17) is 0 Å². The summed E-state index contributed by atoms with van der Waals surface area (Å²) in [6, 6.07) is 9.41. The van der Waals surface area contributed by atoms with E-state index in [-0.39, 0.29) is 24.9 Å². The fourth-order valence-corrected chi connectivity index (χ4v) is 5.05. The highest BCUT2D eigenvalue weighted by Gasteiger charge is 2.35. The van der Waals surface area contributed by atoms with E-state index >= 15 is 0 Å². The van der Waals surface area contributed by atoms with Crippen LogP contribution in [0.25, 0.3) is 0 Å². The molecule has 1 amide bonds. The Morgan fingerprint density at radius 2 is 1.73 bits per heavy atom. The van der Waals surface area contributed by atoms with Crippen LogP contribution in [0.4, 0.5) is 18.9 Å². The Bertz CT molecular complexity index is 1040. The predicted octanol–water partition coefficient (Wildman–Crippen LogP) is 4.36. The Morgan fingerprint density at radius 1 is 1.07 bits per heavy atom. The van der Waals surface area contributed by atoms with E-state index in [0.717, 1.165) is 33.6 Å². The van der Waals surface area contributed by atoms with Gasteiger partial charge >= 0.3 is 6.18 Å². The molecule has 0 atom stereocenters. The molecule has 9 heteroatoms. The molecule has 5 nitrogen and oxygen atoms in total. The van der Waals surface area contributed by atoms with Crippen molar-refractivity contribution in [2.45, 2.75) is 37.8 Å². The van der Waals surface area contributed by atoms with Gasteiger partial charge in [-0.1, -0.05) is 23.8 Å². The van der Waals surface area contributed by atoms with Gasteiger partial charge in [0, 0.05) is 24.7 Å². The average molecular weight is 440 g/mol. The molecule has 3 rings (SSSR count). The third kappa shape index (κ3) is 4.84. The van der Waals surface area contributed by atoms with Gasteiger partial charge < -0.3 is 5.32 Å². The molecule has 1 aliphatic rings. The van der Waals surface area contributed by atoms with Gasteiger partial charge in [-0.2, -0.15) is 17.5 Å². The van der Waals surface area contributed by atoms with E-state index in [1.54, 1.807) is 0 Å². The quantitative estimate of drug-likeness (QED) is 0.768. The number of hydrogen-bond donors (Lipinski definition) is 1. The zero-order chi connectivity index (χ0) is 22.1. The van der Waals surface area contributed by atoms with Crippen LogP contribution >= 0.6 is 0 Å². The van der Waals surface area contributed by atoms with Crippen LogP contribution in [0.3, 0.4) is 0 Å². The van der Waals surface area contributed by atoms with Crippen LogP contribution in [-0.2, 0) is 21.0 Å². The molecule has 0 unspecified atom stereocenters. The first kappa shape index (κ1) is 22.3. The maximum atomic E-state index is 12.9.